The molecule has 1 fully saturated rings. The lowest BCUT2D eigenvalue weighted by Crippen LogP contribution is -2.31. The number of hydrogen-bond acceptors (Lipinski definition) is 11. The molecule has 1 atom stereocenters. The number of nitro benzene ring substituents is 1. The highest BCUT2D eigenvalue weighted by Gasteiger charge is 2.30. The van der Waals surface area contributed by atoms with Crippen molar-refractivity contribution in [2.24, 2.45) is 0 Å². The Labute approximate surface area is 236 Å². The van der Waals surface area contributed by atoms with Crippen LogP contribution in [0.5, 0.6) is 5.75 Å². The lowest BCUT2D eigenvalue weighted by Gasteiger charge is -2.23. The largest absolute Gasteiger partial charge is 0.494 e. The highest BCUT2D eigenvalue weighted by Crippen LogP contribution is 2.41. The maximum Gasteiger partial charge on any atom is 0.294 e. The molecule has 0 bridgehead atoms. The van der Waals surface area contributed by atoms with E-state index in [4.69, 9.17) is 27.9 Å². The van der Waals surface area contributed by atoms with E-state index in [9.17, 15) is 15.2 Å². The number of halogens is 2. The zero-order chi connectivity index (χ0) is 28.5. The van der Waals surface area contributed by atoms with Crippen molar-refractivity contribution in [3.05, 3.63) is 56.3 Å². The van der Waals surface area contributed by atoms with Crippen molar-refractivity contribution in [2.45, 2.75) is 31.9 Å². The quantitative estimate of drug-likeness (QED) is 0.235. The number of methoxy groups -OCH3 is 1. The van der Waals surface area contributed by atoms with Gasteiger partial charge in [-0.15, -0.1) is 0 Å². The molecule has 1 aliphatic heterocycles. The van der Waals surface area contributed by atoms with E-state index in [1.807, 2.05) is 19.0 Å². The third-order valence-corrected chi connectivity index (χ3v) is 7.23. The first-order chi connectivity index (χ1) is 18.4. The molecule has 1 aliphatic rings. The summed E-state index contributed by atoms with van der Waals surface area (Å²) in [6, 6.07) is 6.51. The Bertz CT molecular complexity index is 1380. The average molecular weight is 577 g/mol. The van der Waals surface area contributed by atoms with E-state index in [1.54, 1.807) is 32.0 Å². The van der Waals surface area contributed by atoms with Crippen LogP contribution in [0.3, 0.4) is 0 Å². The smallest absolute Gasteiger partial charge is 0.294 e. The summed E-state index contributed by atoms with van der Waals surface area (Å²) in [7, 11) is 5.49. The zero-order valence-corrected chi connectivity index (χ0v) is 23.7. The van der Waals surface area contributed by atoms with E-state index in [0.717, 1.165) is 6.42 Å². The monoisotopic (exact) mass is 576 g/mol. The maximum absolute atomic E-state index is 12.0. The van der Waals surface area contributed by atoms with Crippen LogP contribution in [-0.4, -0.2) is 70.2 Å². The number of benzene rings is 2. The van der Waals surface area contributed by atoms with E-state index in [1.165, 1.54) is 19.5 Å². The number of nitrogens with zero attached hydrogens (tertiary/aromatic N) is 6. The number of nitrogens with one attached hydrogen (secondary N) is 2. The van der Waals surface area contributed by atoms with Gasteiger partial charge < -0.3 is 30.3 Å². The first-order valence-corrected chi connectivity index (χ1v) is 12.9. The van der Waals surface area contributed by atoms with Gasteiger partial charge in [0.1, 0.15) is 17.8 Å². The Balaban J connectivity index is 1.64. The van der Waals surface area contributed by atoms with Crippen LogP contribution in [-0.2, 0) is 5.60 Å². The molecular weight excluding hydrogens is 547 g/mol. The normalized spacial score (nSPS) is 15.5. The van der Waals surface area contributed by atoms with E-state index >= 15 is 0 Å². The molecule has 4 rings (SSSR count). The van der Waals surface area contributed by atoms with E-state index in [-0.39, 0.29) is 22.6 Å². The standard InChI is InChI=1S/C25H30Cl2N8O4/c1-25(2,36)15-8-16(26)17(27)9-18(15)30-23-28-13-29-24(32-23)31-19-10-21(35(37)38)20(11-22(19)39-5)34-7-6-14(12-34)33(3)4/h8-11,13-14,36H,6-7,12H2,1-5H3,(H2,28,29,30,31,32)/t14-/m1/s1. The SMILES string of the molecule is COc1cc(N2CC[C@@H](N(C)C)C2)c([N+](=O)[O-])cc1Nc1ncnc(Nc2cc(Cl)c(Cl)cc2C(C)(C)O)n1. The highest BCUT2D eigenvalue weighted by molar-refractivity contribution is 6.42. The van der Waals surface area contributed by atoms with Crippen LogP contribution < -0.4 is 20.3 Å². The van der Waals surface area contributed by atoms with Gasteiger partial charge in [-0.2, -0.15) is 4.98 Å². The second-order valence-electron chi connectivity index (χ2n) is 9.90. The number of rotatable bonds is 9. The molecule has 2 heterocycles. The lowest BCUT2D eigenvalue weighted by atomic mass is 9.96. The topological polar surface area (TPSA) is 142 Å². The minimum absolute atomic E-state index is 0.0595. The summed E-state index contributed by atoms with van der Waals surface area (Å²) < 4.78 is 5.57. The number of anilines is 5. The van der Waals surface area contributed by atoms with Crippen LogP contribution in [0.15, 0.2) is 30.6 Å². The Kier molecular flexibility index (Phi) is 8.31. The van der Waals surface area contributed by atoms with Crippen molar-refractivity contribution in [3.8, 4) is 5.75 Å². The molecule has 1 saturated heterocycles. The zero-order valence-electron chi connectivity index (χ0n) is 22.2. The third kappa shape index (κ3) is 6.41. The molecule has 0 unspecified atom stereocenters. The van der Waals surface area contributed by atoms with Gasteiger partial charge in [0.05, 0.1) is 33.4 Å². The van der Waals surface area contributed by atoms with Crippen molar-refractivity contribution < 1.29 is 14.8 Å². The Hall–Kier alpha value is -3.45. The fraction of sp³-hybridized carbons (Fsp3) is 0.400. The molecule has 12 nitrogen and oxygen atoms in total. The number of aliphatic hydroxyl groups is 1. The first-order valence-electron chi connectivity index (χ1n) is 12.1. The van der Waals surface area contributed by atoms with Gasteiger partial charge in [-0.05, 0) is 46.5 Å². The van der Waals surface area contributed by atoms with Crippen molar-refractivity contribution >= 4 is 57.8 Å². The number of ether oxygens (including phenoxy) is 1. The molecule has 39 heavy (non-hydrogen) atoms. The Morgan fingerprint density at radius 2 is 1.77 bits per heavy atom. The molecule has 0 radical (unpaired) electrons. The van der Waals surface area contributed by atoms with Gasteiger partial charge in [0, 0.05) is 42.5 Å². The Morgan fingerprint density at radius 1 is 1.13 bits per heavy atom. The fourth-order valence-electron chi connectivity index (χ4n) is 4.42. The second-order valence-corrected chi connectivity index (χ2v) is 10.7. The van der Waals surface area contributed by atoms with Gasteiger partial charge in [0.15, 0.2) is 0 Å². The summed E-state index contributed by atoms with van der Waals surface area (Å²) in [5.74, 6) is 0.660. The van der Waals surface area contributed by atoms with Crippen molar-refractivity contribution in [1.82, 2.24) is 19.9 Å². The van der Waals surface area contributed by atoms with E-state index in [2.05, 4.69) is 30.5 Å². The predicted octanol–water partition coefficient (Wildman–Crippen LogP) is 4.95. The summed E-state index contributed by atoms with van der Waals surface area (Å²) in [4.78, 5) is 28.4. The van der Waals surface area contributed by atoms with Crippen molar-refractivity contribution in [1.29, 1.82) is 0 Å². The molecule has 0 spiro atoms. The first kappa shape index (κ1) is 28.6. The number of likely N-dealkylation sites (N-methyl/N-ethyl adjacent to an activating group) is 1. The van der Waals surface area contributed by atoms with Gasteiger partial charge in [0.2, 0.25) is 11.9 Å². The van der Waals surface area contributed by atoms with Crippen LogP contribution in [0.1, 0.15) is 25.8 Å². The minimum Gasteiger partial charge on any atom is -0.494 e. The molecule has 208 valence electrons. The van der Waals surface area contributed by atoms with Gasteiger partial charge in [-0.25, -0.2) is 9.97 Å². The van der Waals surface area contributed by atoms with Crippen LogP contribution in [0.2, 0.25) is 10.0 Å². The summed E-state index contributed by atoms with van der Waals surface area (Å²) in [5, 5.41) is 29.2. The Morgan fingerprint density at radius 3 is 2.33 bits per heavy atom. The fourth-order valence-corrected chi connectivity index (χ4v) is 4.75. The molecule has 14 heteroatoms. The summed E-state index contributed by atoms with van der Waals surface area (Å²) in [6.45, 7) is 4.60. The predicted molar refractivity (Wildman–Crippen MR) is 152 cm³/mol. The second kappa shape index (κ2) is 11.3. The van der Waals surface area contributed by atoms with E-state index in [0.29, 0.717) is 52.5 Å². The minimum atomic E-state index is -1.24. The number of nitro groups is 1. The maximum atomic E-state index is 12.0. The van der Waals surface area contributed by atoms with Gasteiger partial charge in [0.25, 0.3) is 5.69 Å². The lowest BCUT2D eigenvalue weighted by molar-refractivity contribution is -0.384. The van der Waals surface area contributed by atoms with Gasteiger partial charge in [-0.1, -0.05) is 23.2 Å². The van der Waals surface area contributed by atoms with Crippen LogP contribution in [0.25, 0.3) is 0 Å². The number of hydrogen-bond donors (Lipinski definition) is 3. The van der Waals surface area contributed by atoms with E-state index < -0.39 is 10.5 Å². The van der Waals surface area contributed by atoms with Crippen LogP contribution in [0.4, 0.5) is 34.6 Å². The average Bonchev–Trinajstić information content (AvgIpc) is 3.36. The van der Waals surface area contributed by atoms with Crippen molar-refractivity contribution in [3.63, 3.8) is 0 Å². The van der Waals surface area contributed by atoms with Crippen LogP contribution in [0, 0.1) is 10.1 Å². The molecular formula is C25H30Cl2N8O4. The number of aromatic nitrogens is 3. The van der Waals surface area contributed by atoms with Gasteiger partial charge >= 0.3 is 0 Å². The molecule has 2 aromatic carbocycles. The molecule has 3 aromatic rings. The molecule has 0 saturated carbocycles. The molecule has 1 aromatic heterocycles. The van der Waals surface area contributed by atoms with Gasteiger partial charge in [-0.3, -0.25) is 10.1 Å². The third-order valence-electron chi connectivity index (χ3n) is 6.51. The highest BCUT2D eigenvalue weighted by atomic mass is 35.5. The molecule has 0 aliphatic carbocycles. The summed E-state index contributed by atoms with van der Waals surface area (Å²) in [5.41, 5.74) is 0.450. The molecule has 3 N–H and O–H groups in total. The summed E-state index contributed by atoms with van der Waals surface area (Å²) >= 11 is 12.4. The van der Waals surface area contributed by atoms with Crippen LogP contribution >= 0.6 is 23.2 Å². The summed E-state index contributed by atoms with van der Waals surface area (Å²) in [6.07, 6.45) is 2.18. The van der Waals surface area contributed by atoms with Crippen molar-refractivity contribution in [2.75, 3.05) is 49.8 Å². The molecule has 0 amide bonds.